The van der Waals surface area contributed by atoms with E-state index in [4.69, 9.17) is 0 Å². The summed E-state index contributed by atoms with van der Waals surface area (Å²) in [6.45, 7) is 5.05. The van der Waals surface area contributed by atoms with Crippen LogP contribution in [0.4, 0.5) is 4.39 Å². The smallest absolute Gasteiger partial charge is 0.142 e. The second kappa shape index (κ2) is 6.64. The molecule has 0 saturated carbocycles. The van der Waals surface area contributed by atoms with Crippen LogP contribution >= 0.6 is 27.3 Å². The predicted octanol–water partition coefficient (Wildman–Crippen LogP) is 5.05. The molecule has 0 aliphatic heterocycles. The molecule has 102 valence electrons. The van der Waals surface area contributed by atoms with Crippen LogP contribution in [-0.2, 0) is 0 Å². The zero-order valence-corrected chi connectivity index (χ0v) is 13.4. The SMILES string of the molecule is CCCNC(c1cccc(Br)c1F)c1sccc1C. The van der Waals surface area contributed by atoms with Crippen molar-refractivity contribution in [1.29, 1.82) is 0 Å². The number of nitrogens with one attached hydrogen (secondary N) is 1. The Kier molecular flexibility index (Phi) is 5.13. The molecule has 0 saturated heterocycles. The Morgan fingerprint density at radius 3 is 2.79 bits per heavy atom. The maximum atomic E-state index is 14.3. The van der Waals surface area contributed by atoms with E-state index >= 15 is 0 Å². The highest BCUT2D eigenvalue weighted by molar-refractivity contribution is 9.10. The van der Waals surface area contributed by atoms with E-state index in [9.17, 15) is 4.39 Å². The zero-order chi connectivity index (χ0) is 13.8. The average molecular weight is 342 g/mol. The van der Waals surface area contributed by atoms with Crippen LogP contribution in [0.5, 0.6) is 0 Å². The fourth-order valence-corrected chi connectivity index (χ4v) is 3.46. The van der Waals surface area contributed by atoms with Crippen molar-refractivity contribution in [2.75, 3.05) is 6.54 Å². The lowest BCUT2D eigenvalue weighted by molar-refractivity contribution is 0.546. The van der Waals surface area contributed by atoms with Crippen LogP contribution in [-0.4, -0.2) is 6.54 Å². The average Bonchev–Trinajstić information content (AvgIpc) is 2.81. The summed E-state index contributed by atoms with van der Waals surface area (Å²) >= 11 is 4.94. The van der Waals surface area contributed by atoms with Gasteiger partial charge < -0.3 is 5.32 Å². The second-order valence-electron chi connectivity index (χ2n) is 4.50. The third kappa shape index (κ3) is 3.25. The monoisotopic (exact) mass is 341 g/mol. The molecule has 1 nitrogen and oxygen atoms in total. The van der Waals surface area contributed by atoms with Crippen molar-refractivity contribution in [3.8, 4) is 0 Å². The first kappa shape index (κ1) is 14.7. The Morgan fingerprint density at radius 2 is 2.16 bits per heavy atom. The van der Waals surface area contributed by atoms with E-state index in [0.717, 1.165) is 13.0 Å². The van der Waals surface area contributed by atoms with Gasteiger partial charge in [-0.05, 0) is 58.9 Å². The van der Waals surface area contributed by atoms with Crippen LogP contribution < -0.4 is 5.32 Å². The Bertz CT molecular complexity index is 553. The molecule has 4 heteroatoms. The van der Waals surface area contributed by atoms with Crippen LogP contribution in [0.3, 0.4) is 0 Å². The number of hydrogen-bond donors (Lipinski definition) is 1. The number of halogens is 2. The highest BCUT2D eigenvalue weighted by atomic mass is 79.9. The Morgan fingerprint density at radius 1 is 1.37 bits per heavy atom. The van der Waals surface area contributed by atoms with E-state index in [-0.39, 0.29) is 11.9 Å². The molecule has 1 atom stereocenters. The van der Waals surface area contributed by atoms with Crippen molar-refractivity contribution in [1.82, 2.24) is 5.32 Å². The lowest BCUT2D eigenvalue weighted by atomic mass is 10.0. The summed E-state index contributed by atoms with van der Waals surface area (Å²) in [5.74, 6) is -0.177. The molecule has 0 fully saturated rings. The number of aryl methyl sites for hydroxylation is 1. The molecule has 1 aromatic carbocycles. The van der Waals surface area contributed by atoms with Gasteiger partial charge in [0.1, 0.15) is 5.82 Å². The van der Waals surface area contributed by atoms with Crippen molar-refractivity contribution >= 4 is 27.3 Å². The molecule has 0 spiro atoms. The molecule has 2 aromatic rings. The quantitative estimate of drug-likeness (QED) is 0.802. The van der Waals surface area contributed by atoms with Crippen LogP contribution in [0.2, 0.25) is 0 Å². The number of rotatable bonds is 5. The number of hydrogen-bond acceptors (Lipinski definition) is 2. The third-order valence-electron chi connectivity index (χ3n) is 3.05. The van der Waals surface area contributed by atoms with Gasteiger partial charge in [0.2, 0.25) is 0 Å². The summed E-state index contributed by atoms with van der Waals surface area (Å²) in [6.07, 6.45) is 1.02. The molecule has 1 unspecified atom stereocenters. The first-order valence-corrected chi connectivity index (χ1v) is 8.03. The lowest BCUT2D eigenvalue weighted by Crippen LogP contribution is -2.24. The minimum absolute atomic E-state index is 0.0718. The number of benzene rings is 1. The minimum Gasteiger partial charge on any atom is -0.305 e. The summed E-state index contributed by atoms with van der Waals surface area (Å²) in [4.78, 5) is 1.19. The molecule has 1 heterocycles. The first-order valence-electron chi connectivity index (χ1n) is 6.36. The van der Waals surface area contributed by atoms with E-state index in [1.165, 1.54) is 10.4 Å². The van der Waals surface area contributed by atoms with Crippen molar-refractivity contribution in [3.05, 3.63) is 55.9 Å². The summed E-state index contributed by atoms with van der Waals surface area (Å²) in [6, 6.07) is 7.48. The second-order valence-corrected chi connectivity index (χ2v) is 6.30. The van der Waals surface area contributed by atoms with Gasteiger partial charge in [0.05, 0.1) is 10.5 Å². The molecule has 1 aromatic heterocycles. The van der Waals surface area contributed by atoms with Gasteiger partial charge in [-0.1, -0.05) is 19.1 Å². The summed E-state index contributed by atoms with van der Waals surface area (Å²) in [5, 5.41) is 5.50. The maximum Gasteiger partial charge on any atom is 0.142 e. The van der Waals surface area contributed by atoms with Crippen molar-refractivity contribution in [2.45, 2.75) is 26.3 Å². The highest BCUT2D eigenvalue weighted by Gasteiger charge is 2.21. The molecule has 0 aliphatic carbocycles. The molecular formula is C15H17BrFNS. The minimum atomic E-state index is -0.177. The van der Waals surface area contributed by atoms with E-state index < -0.39 is 0 Å². The van der Waals surface area contributed by atoms with Gasteiger partial charge in [-0.25, -0.2) is 4.39 Å². The Hall–Kier alpha value is -0.710. The van der Waals surface area contributed by atoms with Gasteiger partial charge in [0.25, 0.3) is 0 Å². The van der Waals surface area contributed by atoms with Crippen LogP contribution in [0.1, 0.15) is 35.4 Å². The third-order valence-corrected chi connectivity index (χ3v) is 4.75. The lowest BCUT2D eigenvalue weighted by Gasteiger charge is -2.20. The highest BCUT2D eigenvalue weighted by Crippen LogP contribution is 2.32. The molecule has 0 aliphatic rings. The summed E-state index contributed by atoms with van der Waals surface area (Å²) < 4.78 is 14.8. The van der Waals surface area contributed by atoms with Gasteiger partial charge in [0, 0.05) is 10.4 Å². The largest absolute Gasteiger partial charge is 0.305 e. The van der Waals surface area contributed by atoms with E-state index in [1.54, 1.807) is 17.4 Å². The van der Waals surface area contributed by atoms with Crippen molar-refractivity contribution in [2.24, 2.45) is 0 Å². The molecule has 0 bridgehead atoms. The van der Waals surface area contributed by atoms with Crippen LogP contribution in [0, 0.1) is 12.7 Å². The molecule has 0 amide bonds. The van der Waals surface area contributed by atoms with Crippen LogP contribution in [0.15, 0.2) is 34.1 Å². The van der Waals surface area contributed by atoms with Crippen molar-refractivity contribution in [3.63, 3.8) is 0 Å². The normalized spacial score (nSPS) is 12.6. The van der Waals surface area contributed by atoms with E-state index in [1.807, 2.05) is 12.1 Å². The van der Waals surface area contributed by atoms with Gasteiger partial charge in [0.15, 0.2) is 0 Å². The van der Waals surface area contributed by atoms with Gasteiger partial charge in [-0.15, -0.1) is 11.3 Å². The van der Waals surface area contributed by atoms with E-state index in [2.05, 4.69) is 46.5 Å². The molecular weight excluding hydrogens is 325 g/mol. The molecule has 2 rings (SSSR count). The summed E-state index contributed by atoms with van der Waals surface area (Å²) in [7, 11) is 0. The Labute approximate surface area is 126 Å². The van der Waals surface area contributed by atoms with Gasteiger partial charge >= 0.3 is 0 Å². The molecule has 0 radical (unpaired) electrons. The maximum absolute atomic E-state index is 14.3. The van der Waals surface area contributed by atoms with E-state index in [0.29, 0.717) is 10.0 Å². The topological polar surface area (TPSA) is 12.0 Å². The fraction of sp³-hybridized carbons (Fsp3) is 0.333. The number of thiophene rings is 1. The van der Waals surface area contributed by atoms with Crippen molar-refractivity contribution < 1.29 is 4.39 Å². The van der Waals surface area contributed by atoms with Gasteiger partial charge in [-0.2, -0.15) is 0 Å². The standard InChI is InChI=1S/C15H17BrFNS/c1-3-8-18-14(15-10(2)7-9-19-15)11-5-4-6-12(16)13(11)17/h4-7,9,14,18H,3,8H2,1-2H3. The summed E-state index contributed by atoms with van der Waals surface area (Å²) in [5.41, 5.74) is 1.91. The molecule has 1 N–H and O–H groups in total. The van der Waals surface area contributed by atoms with Gasteiger partial charge in [-0.3, -0.25) is 0 Å². The first-order chi connectivity index (χ1) is 9.15. The zero-order valence-electron chi connectivity index (χ0n) is 11.0. The molecule has 19 heavy (non-hydrogen) atoms. The van der Waals surface area contributed by atoms with Crippen LogP contribution in [0.25, 0.3) is 0 Å². The predicted molar refractivity (Wildman–Crippen MR) is 83.3 cm³/mol. The Balaban J connectivity index is 2.43. The fourth-order valence-electron chi connectivity index (χ4n) is 2.06.